The highest BCUT2D eigenvalue weighted by Crippen LogP contribution is 2.36. The molecule has 2 fully saturated rings. The van der Waals surface area contributed by atoms with Gasteiger partial charge in [0, 0.05) is 12.3 Å². The van der Waals surface area contributed by atoms with Crippen LogP contribution in [0.4, 0.5) is 0 Å². The van der Waals surface area contributed by atoms with Crippen LogP contribution in [0.3, 0.4) is 0 Å². The van der Waals surface area contributed by atoms with Crippen LogP contribution >= 0.6 is 0 Å². The molecule has 2 rings (SSSR count). The highest BCUT2D eigenvalue weighted by molar-refractivity contribution is 7.92. The molecule has 0 aromatic rings. The van der Waals surface area contributed by atoms with Gasteiger partial charge in [-0.25, -0.2) is 8.42 Å². The van der Waals surface area contributed by atoms with Gasteiger partial charge in [0.05, 0.1) is 11.3 Å². The fourth-order valence-corrected chi connectivity index (χ4v) is 4.55. The molecule has 110 valence electrons. The van der Waals surface area contributed by atoms with Gasteiger partial charge in [0.1, 0.15) is 0 Å². The quantitative estimate of drug-likeness (QED) is 0.601. The van der Waals surface area contributed by atoms with Crippen molar-refractivity contribution in [1.29, 1.82) is 0 Å². The average Bonchev–Trinajstić information content (AvgIpc) is 2.96. The van der Waals surface area contributed by atoms with Crippen LogP contribution in [0.15, 0.2) is 4.99 Å². The Kier molecular flexibility index (Phi) is 4.38. The Morgan fingerprint density at radius 2 is 1.84 bits per heavy atom. The zero-order valence-corrected chi connectivity index (χ0v) is 12.5. The molecule has 3 N–H and O–H groups in total. The maximum atomic E-state index is 12.0. The lowest BCUT2D eigenvalue weighted by Crippen LogP contribution is -2.42. The Balaban J connectivity index is 1.98. The lowest BCUT2D eigenvalue weighted by atomic mass is 10.1. The van der Waals surface area contributed by atoms with Crippen LogP contribution in [0.5, 0.6) is 0 Å². The van der Waals surface area contributed by atoms with E-state index in [2.05, 4.69) is 10.3 Å². The van der Waals surface area contributed by atoms with Gasteiger partial charge in [-0.2, -0.15) is 0 Å². The molecule has 0 aromatic heterocycles. The number of nitrogens with one attached hydrogen (secondary N) is 1. The SMILES string of the molecule is CS(=O)(=O)C1(CN=C(N)NC2CCCC2)CCCC1. The molecule has 2 aliphatic rings. The maximum absolute atomic E-state index is 12.0. The minimum atomic E-state index is -3.08. The van der Waals surface area contributed by atoms with Crippen molar-refractivity contribution in [3.05, 3.63) is 0 Å². The van der Waals surface area contributed by atoms with Gasteiger partial charge in [0.2, 0.25) is 0 Å². The third kappa shape index (κ3) is 3.41. The monoisotopic (exact) mass is 287 g/mol. The second-order valence-corrected chi connectivity index (χ2v) is 8.40. The Bertz CT molecular complexity index is 433. The molecule has 0 amide bonds. The molecule has 6 heteroatoms. The van der Waals surface area contributed by atoms with Crippen molar-refractivity contribution < 1.29 is 8.42 Å². The van der Waals surface area contributed by atoms with E-state index in [1.165, 1.54) is 19.1 Å². The van der Waals surface area contributed by atoms with Crippen molar-refractivity contribution in [1.82, 2.24) is 5.32 Å². The Labute approximate surface area is 116 Å². The summed E-state index contributed by atoms with van der Waals surface area (Å²) in [6.07, 6.45) is 9.43. The van der Waals surface area contributed by atoms with Crippen LogP contribution < -0.4 is 11.1 Å². The second kappa shape index (κ2) is 5.69. The molecule has 0 aromatic carbocycles. The third-order valence-electron chi connectivity index (χ3n) is 4.55. The summed E-state index contributed by atoms with van der Waals surface area (Å²) in [4.78, 5) is 4.31. The molecule has 5 nitrogen and oxygen atoms in total. The molecular weight excluding hydrogens is 262 g/mol. The molecule has 0 bridgehead atoms. The fraction of sp³-hybridized carbons (Fsp3) is 0.923. The highest BCUT2D eigenvalue weighted by atomic mass is 32.2. The molecule has 0 radical (unpaired) electrons. The van der Waals surface area contributed by atoms with Gasteiger partial charge in [-0.15, -0.1) is 0 Å². The summed E-state index contributed by atoms with van der Waals surface area (Å²) in [6, 6.07) is 0.418. The first-order chi connectivity index (χ1) is 8.93. The molecule has 0 unspecified atom stereocenters. The van der Waals surface area contributed by atoms with Crippen molar-refractivity contribution in [2.24, 2.45) is 10.7 Å². The van der Waals surface area contributed by atoms with Crippen LogP contribution in [0.1, 0.15) is 51.4 Å². The van der Waals surface area contributed by atoms with E-state index in [0.717, 1.165) is 25.7 Å². The summed E-state index contributed by atoms with van der Waals surface area (Å²) >= 11 is 0. The Morgan fingerprint density at radius 1 is 1.26 bits per heavy atom. The number of rotatable bonds is 4. The first kappa shape index (κ1) is 14.6. The minimum Gasteiger partial charge on any atom is -0.370 e. The predicted octanol–water partition coefficient (Wildman–Crippen LogP) is 1.19. The Morgan fingerprint density at radius 3 is 2.37 bits per heavy atom. The molecule has 0 saturated heterocycles. The number of hydrogen-bond donors (Lipinski definition) is 2. The van der Waals surface area contributed by atoms with Gasteiger partial charge in [0.25, 0.3) is 0 Å². The van der Waals surface area contributed by atoms with Crippen molar-refractivity contribution in [3.63, 3.8) is 0 Å². The van der Waals surface area contributed by atoms with Gasteiger partial charge in [-0.1, -0.05) is 25.7 Å². The van der Waals surface area contributed by atoms with Crippen molar-refractivity contribution in [2.45, 2.75) is 62.2 Å². The molecule has 0 atom stereocenters. The average molecular weight is 287 g/mol. The lowest BCUT2D eigenvalue weighted by molar-refractivity contribution is 0.519. The van der Waals surface area contributed by atoms with E-state index < -0.39 is 14.6 Å². The second-order valence-electron chi connectivity index (χ2n) is 5.99. The van der Waals surface area contributed by atoms with Crippen LogP contribution in [0.2, 0.25) is 0 Å². The fourth-order valence-electron chi connectivity index (χ4n) is 3.22. The molecule has 0 aliphatic heterocycles. The smallest absolute Gasteiger partial charge is 0.188 e. The van der Waals surface area contributed by atoms with Crippen LogP contribution in [-0.4, -0.2) is 38.0 Å². The van der Waals surface area contributed by atoms with Crippen LogP contribution in [0, 0.1) is 0 Å². The summed E-state index contributed by atoms with van der Waals surface area (Å²) in [7, 11) is -3.08. The number of hydrogen-bond acceptors (Lipinski definition) is 3. The first-order valence-electron chi connectivity index (χ1n) is 7.19. The van der Waals surface area contributed by atoms with Crippen LogP contribution in [0.25, 0.3) is 0 Å². The number of guanidine groups is 1. The van der Waals surface area contributed by atoms with Gasteiger partial charge in [-0.05, 0) is 25.7 Å². The molecule has 0 spiro atoms. The third-order valence-corrected chi connectivity index (χ3v) is 6.66. The summed E-state index contributed by atoms with van der Waals surface area (Å²) in [6.45, 7) is 0.303. The summed E-state index contributed by atoms with van der Waals surface area (Å²) in [5, 5.41) is 3.20. The van der Waals surface area contributed by atoms with E-state index in [0.29, 0.717) is 31.4 Å². The van der Waals surface area contributed by atoms with E-state index in [1.807, 2.05) is 0 Å². The van der Waals surface area contributed by atoms with Crippen LogP contribution in [-0.2, 0) is 9.84 Å². The largest absolute Gasteiger partial charge is 0.370 e. The number of nitrogens with zero attached hydrogens (tertiary/aromatic N) is 1. The maximum Gasteiger partial charge on any atom is 0.188 e. The molecule has 2 aliphatic carbocycles. The van der Waals surface area contributed by atoms with Gasteiger partial charge < -0.3 is 11.1 Å². The van der Waals surface area contributed by atoms with E-state index in [4.69, 9.17) is 5.73 Å². The van der Waals surface area contributed by atoms with E-state index in [-0.39, 0.29) is 0 Å². The van der Waals surface area contributed by atoms with Gasteiger partial charge >= 0.3 is 0 Å². The van der Waals surface area contributed by atoms with E-state index in [1.54, 1.807) is 0 Å². The van der Waals surface area contributed by atoms with Crippen molar-refractivity contribution in [2.75, 3.05) is 12.8 Å². The topological polar surface area (TPSA) is 84.5 Å². The number of nitrogens with two attached hydrogens (primary N) is 1. The van der Waals surface area contributed by atoms with Crippen molar-refractivity contribution in [3.8, 4) is 0 Å². The van der Waals surface area contributed by atoms with Gasteiger partial charge in [0.15, 0.2) is 15.8 Å². The standard InChI is InChI=1S/C13H25N3O2S/c1-19(17,18)13(8-4-5-9-13)10-15-12(14)16-11-6-2-3-7-11/h11H,2-10H2,1H3,(H3,14,15,16). The van der Waals surface area contributed by atoms with E-state index in [9.17, 15) is 8.42 Å². The molecular formula is C13H25N3O2S. The van der Waals surface area contributed by atoms with Gasteiger partial charge in [-0.3, -0.25) is 4.99 Å². The zero-order chi connectivity index (χ0) is 13.9. The normalized spacial score (nSPS) is 24.8. The first-order valence-corrected chi connectivity index (χ1v) is 9.08. The zero-order valence-electron chi connectivity index (χ0n) is 11.7. The lowest BCUT2D eigenvalue weighted by Gasteiger charge is -2.25. The summed E-state index contributed by atoms with van der Waals surface area (Å²) < 4.78 is 23.3. The molecule has 19 heavy (non-hydrogen) atoms. The Hall–Kier alpha value is -0.780. The highest BCUT2D eigenvalue weighted by Gasteiger charge is 2.43. The predicted molar refractivity (Wildman–Crippen MR) is 77.9 cm³/mol. The minimum absolute atomic E-state index is 0.303. The number of aliphatic imine (C=N–C) groups is 1. The van der Waals surface area contributed by atoms with Crippen molar-refractivity contribution >= 4 is 15.8 Å². The summed E-state index contributed by atoms with van der Waals surface area (Å²) in [5.41, 5.74) is 5.88. The molecule has 0 heterocycles. The number of sulfone groups is 1. The summed E-state index contributed by atoms with van der Waals surface area (Å²) in [5.74, 6) is 0.404. The molecule has 2 saturated carbocycles. The van der Waals surface area contributed by atoms with E-state index >= 15 is 0 Å².